The molecule has 0 saturated heterocycles. The van der Waals surface area contributed by atoms with Crippen LogP contribution in [0.25, 0.3) is 0 Å². The van der Waals surface area contributed by atoms with Crippen molar-refractivity contribution in [2.75, 3.05) is 7.11 Å². The number of hydrogen-bond acceptors (Lipinski definition) is 9. The second-order valence-corrected chi connectivity index (χ2v) is 6.04. The number of nitro benzene ring substituents is 1. The van der Waals surface area contributed by atoms with Gasteiger partial charge in [-0.2, -0.15) is 9.78 Å². The molecule has 1 N–H and O–H groups in total. The Morgan fingerprint density at radius 2 is 2.00 bits per heavy atom. The average molecular weight is 425 g/mol. The van der Waals surface area contributed by atoms with E-state index in [4.69, 9.17) is 4.74 Å². The Hall–Kier alpha value is -4.68. The zero-order valence-corrected chi connectivity index (χ0v) is 16.0. The molecule has 31 heavy (non-hydrogen) atoms. The number of rotatable bonds is 8. The Labute approximate surface area is 174 Å². The molecule has 3 rings (SSSR count). The first-order valence-electron chi connectivity index (χ1n) is 8.66. The van der Waals surface area contributed by atoms with Crippen molar-refractivity contribution in [2.24, 2.45) is 5.10 Å². The third-order valence-corrected chi connectivity index (χ3v) is 4.05. The Morgan fingerprint density at radius 3 is 2.68 bits per heavy atom. The minimum absolute atomic E-state index is 0.118. The van der Waals surface area contributed by atoms with Gasteiger partial charge in [0.05, 0.1) is 24.8 Å². The summed E-state index contributed by atoms with van der Waals surface area (Å²) in [5, 5.41) is 29.4. The zero-order chi connectivity index (χ0) is 22.4. The summed E-state index contributed by atoms with van der Waals surface area (Å²) < 4.78 is 6.57. The van der Waals surface area contributed by atoms with Gasteiger partial charge in [0, 0.05) is 16.7 Å². The van der Waals surface area contributed by atoms with Crippen LogP contribution in [0.4, 0.5) is 11.6 Å². The first-order chi connectivity index (χ1) is 14.9. The van der Waals surface area contributed by atoms with Crippen molar-refractivity contribution in [3.05, 3.63) is 85.7 Å². The Morgan fingerprint density at radius 1 is 1.23 bits per heavy atom. The smallest absolute Gasteiger partial charge is 0.490 e. The summed E-state index contributed by atoms with van der Waals surface area (Å²) in [6.07, 6.45) is 2.57. The fraction of sp³-hybridized carbons (Fsp3) is 0.111. The molecule has 13 heteroatoms. The molecule has 1 amide bonds. The summed E-state index contributed by atoms with van der Waals surface area (Å²) in [5.74, 6) is -0.735. The molecule has 0 spiro atoms. The topological polar surface area (TPSA) is 168 Å². The van der Waals surface area contributed by atoms with E-state index < -0.39 is 21.7 Å². The van der Waals surface area contributed by atoms with Gasteiger partial charge in [0.15, 0.2) is 0 Å². The van der Waals surface area contributed by atoms with Crippen molar-refractivity contribution < 1.29 is 19.4 Å². The molecule has 1 aromatic heterocycles. The maximum Gasteiger partial charge on any atom is 0.490 e. The van der Waals surface area contributed by atoms with E-state index in [0.717, 1.165) is 0 Å². The van der Waals surface area contributed by atoms with Gasteiger partial charge in [0.1, 0.15) is 11.3 Å². The highest BCUT2D eigenvalue weighted by Gasteiger charge is 2.18. The second-order valence-electron chi connectivity index (χ2n) is 6.04. The molecule has 13 nitrogen and oxygen atoms in total. The van der Waals surface area contributed by atoms with E-state index in [1.54, 1.807) is 18.2 Å². The molecule has 3 aromatic rings. The van der Waals surface area contributed by atoms with Crippen molar-refractivity contribution in [1.29, 1.82) is 0 Å². The number of amides is 1. The van der Waals surface area contributed by atoms with E-state index in [9.17, 15) is 25.0 Å². The number of nitrogens with one attached hydrogen (secondary N) is 1. The zero-order valence-electron chi connectivity index (χ0n) is 16.0. The largest absolute Gasteiger partial charge is 0.496 e. The minimum Gasteiger partial charge on any atom is -0.496 e. The first-order valence-corrected chi connectivity index (χ1v) is 8.66. The molecule has 0 atom stereocenters. The summed E-state index contributed by atoms with van der Waals surface area (Å²) in [6, 6.07) is 10.5. The standard InChI is InChI=1S/C18H15N7O6/c1-31-16-7-6-12(8-13(16)10-23-11-19-18(22-23)25(29)30)9-20-21-17(26)14-4-2-3-5-15(14)24(27)28/h2-9,11H,10H2,1H3,(H,21,26). The van der Waals surface area contributed by atoms with Gasteiger partial charge in [0.2, 0.25) is 6.33 Å². The average Bonchev–Trinajstić information content (AvgIpc) is 3.23. The number of hydrazone groups is 1. The van der Waals surface area contributed by atoms with Gasteiger partial charge in [0.25, 0.3) is 11.6 Å². The van der Waals surface area contributed by atoms with Crippen molar-refractivity contribution in [2.45, 2.75) is 6.54 Å². The molecule has 0 bridgehead atoms. The third kappa shape index (κ3) is 5.03. The van der Waals surface area contributed by atoms with Crippen LogP contribution in [-0.2, 0) is 6.54 Å². The minimum atomic E-state index is -0.729. The highest BCUT2D eigenvalue weighted by atomic mass is 16.6. The number of para-hydroxylation sites is 1. The molecule has 0 unspecified atom stereocenters. The van der Waals surface area contributed by atoms with Crippen LogP contribution in [0.3, 0.4) is 0 Å². The lowest BCUT2D eigenvalue weighted by Gasteiger charge is -2.08. The molecule has 0 radical (unpaired) electrons. The molecular formula is C18H15N7O6. The number of hydrogen-bond donors (Lipinski definition) is 1. The van der Waals surface area contributed by atoms with E-state index in [0.29, 0.717) is 16.9 Å². The van der Waals surface area contributed by atoms with Crippen molar-refractivity contribution in [3.63, 3.8) is 0 Å². The maximum atomic E-state index is 12.2. The molecule has 1 heterocycles. The molecule has 0 aliphatic carbocycles. The fourth-order valence-corrected chi connectivity index (χ4v) is 2.67. The number of methoxy groups -OCH3 is 1. The number of carbonyl (C=O) groups is 1. The van der Waals surface area contributed by atoms with Crippen LogP contribution in [0.2, 0.25) is 0 Å². The van der Waals surface area contributed by atoms with Crippen LogP contribution in [0, 0.1) is 20.2 Å². The van der Waals surface area contributed by atoms with E-state index in [2.05, 4.69) is 20.6 Å². The lowest BCUT2D eigenvalue weighted by molar-refractivity contribution is -0.394. The van der Waals surface area contributed by atoms with Crippen molar-refractivity contribution in [1.82, 2.24) is 20.2 Å². The maximum absolute atomic E-state index is 12.2. The van der Waals surface area contributed by atoms with E-state index in [1.165, 1.54) is 48.6 Å². The predicted molar refractivity (Wildman–Crippen MR) is 107 cm³/mol. The summed E-state index contributed by atoms with van der Waals surface area (Å²) in [4.78, 5) is 36.2. The van der Waals surface area contributed by atoms with Gasteiger partial charge >= 0.3 is 5.95 Å². The fourth-order valence-electron chi connectivity index (χ4n) is 2.67. The van der Waals surface area contributed by atoms with Gasteiger partial charge in [-0.05, 0) is 34.8 Å². The summed E-state index contributed by atoms with van der Waals surface area (Å²) in [6.45, 7) is 0.147. The molecule has 0 aliphatic rings. The van der Waals surface area contributed by atoms with E-state index in [1.807, 2.05) is 0 Å². The number of aromatic nitrogens is 3. The predicted octanol–water partition coefficient (Wildman–Crippen LogP) is 1.92. The summed E-state index contributed by atoms with van der Waals surface area (Å²) in [7, 11) is 1.48. The lowest BCUT2D eigenvalue weighted by Crippen LogP contribution is -2.19. The number of nitrogens with zero attached hydrogens (tertiary/aromatic N) is 6. The molecule has 0 aliphatic heterocycles. The monoisotopic (exact) mass is 425 g/mol. The van der Waals surface area contributed by atoms with Crippen molar-refractivity contribution >= 4 is 23.8 Å². The normalized spacial score (nSPS) is 10.7. The summed E-state index contributed by atoms with van der Waals surface area (Å²) >= 11 is 0. The van der Waals surface area contributed by atoms with Crippen LogP contribution >= 0.6 is 0 Å². The SMILES string of the molecule is COc1ccc(C=NNC(=O)c2ccccc2[N+](=O)[O-])cc1Cn1cnc([N+](=O)[O-])n1. The van der Waals surface area contributed by atoms with Crippen molar-refractivity contribution in [3.8, 4) is 5.75 Å². The number of ether oxygens (including phenoxy) is 1. The highest BCUT2D eigenvalue weighted by molar-refractivity contribution is 5.98. The highest BCUT2D eigenvalue weighted by Crippen LogP contribution is 2.21. The van der Waals surface area contributed by atoms with Crippen LogP contribution in [-0.4, -0.2) is 43.8 Å². The first kappa shape index (κ1) is 21.0. The van der Waals surface area contributed by atoms with Gasteiger partial charge in [-0.15, -0.1) is 0 Å². The van der Waals surface area contributed by atoms with Crippen LogP contribution in [0.1, 0.15) is 21.5 Å². The van der Waals surface area contributed by atoms with Crippen LogP contribution in [0.5, 0.6) is 5.75 Å². The third-order valence-electron chi connectivity index (χ3n) is 4.05. The number of benzene rings is 2. The molecule has 0 saturated carbocycles. The van der Waals surface area contributed by atoms with Gasteiger partial charge in [-0.1, -0.05) is 17.1 Å². The van der Waals surface area contributed by atoms with E-state index in [-0.39, 0.29) is 17.8 Å². The van der Waals surface area contributed by atoms with Crippen LogP contribution in [0.15, 0.2) is 53.9 Å². The molecule has 158 valence electrons. The summed E-state index contributed by atoms with van der Waals surface area (Å²) in [5.41, 5.74) is 3.01. The van der Waals surface area contributed by atoms with E-state index >= 15 is 0 Å². The number of carbonyl (C=O) groups excluding carboxylic acids is 1. The lowest BCUT2D eigenvalue weighted by atomic mass is 10.1. The molecular weight excluding hydrogens is 410 g/mol. The molecule has 0 fully saturated rings. The second kappa shape index (κ2) is 9.21. The quantitative estimate of drug-likeness (QED) is 0.324. The Bertz CT molecular complexity index is 1170. The van der Waals surface area contributed by atoms with Gasteiger partial charge < -0.3 is 14.9 Å². The van der Waals surface area contributed by atoms with Gasteiger partial charge in [-0.25, -0.2) is 5.43 Å². The molecule has 2 aromatic carbocycles. The van der Waals surface area contributed by atoms with Gasteiger partial charge in [-0.3, -0.25) is 14.9 Å². The Kier molecular flexibility index (Phi) is 6.25. The van der Waals surface area contributed by atoms with Crippen LogP contribution < -0.4 is 10.2 Å². The number of nitro groups is 2. The Balaban J connectivity index is 1.75.